The second-order valence-electron chi connectivity index (χ2n) is 5.26. The number of carbonyl (C=O) groups excluding carboxylic acids is 1. The highest BCUT2D eigenvalue weighted by atomic mass is 32.2. The van der Waals surface area contributed by atoms with Gasteiger partial charge in [0.05, 0.1) is 0 Å². The minimum atomic E-state index is -0.314. The number of ether oxygens (including phenoxy) is 2. The molecule has 0 spiro atoms. The van der Waals surface area contributed by atoms with Crippen LogP contribution in [0.1, 0.15) is 30.1 Å². The van der Waals surface area contributed by atoms with Gasteiger partial charge in [-0.3, -0.25) is 10.1 Å². The van der Waals surface area contributed by atoms with Gasteiger partial charge in [0.25, 0.3) is 11.8 Å². The fraction of sp³-hybridized carbons (Fsp3) is 0.312. The molecular weight excluding hydrogens is 330 g/mol. The largest absolute Gasteiger partial charge is 0.494 e. The van der Waals surface area contributed by atoms with E-state index in [0.717, 1.165) is 4.90 Å². The summed E-state index contributed by atoms with van der Waals surface area (Å²) in [6, 6.07) is 7.39. The maximum Gasteiger partial charge on any atom is 0.322 e. The minimum absolute atomic E-state index is 0.00647. The third kappa shape index (κ3) is 4.08. The topological polar surface area (TPSA) is 86.5 Å². The van der Waals surface area contributed by atoms with Crippen LogP contribution in [-0.4, -0.2) is 34.6 Å². The first-order valence-corrected chi connectivity index (χ1v) is 8.36. The normalized spacial score (nSPS) is 13.9. The molecule has 126 valence electrons. The molecule has 0 unspecified atom stereocenters. The van der Waals surface area contributed by atoms with E-state index in [4.69, 9.17) is 13.9 Å². The number of amides is 1. The Balaban J connectivity index is 1.69. The smallest absolute Gasteiger partial charge is 0.322 e. The van der Waals surface area contributed by atoms with Crippen molar-refractivity contribution in [2.75, 3.05) is 18.5 Å². The molecule has 0 fully saturated rings. The molecule has 2 aromatic rings. The van der Waals surface area contributed by atoms with Crippen molar-refractivity contribution in [3.05, 3.63) is 42.0 Å². The van der Waals surface area contributed by atoms with Gasteiger partial charge >= 0.3 is 6.01 Å². The Hall–Kier alpha value is -2.48. The summed E-state index contributed by atoms with van der Waals surface area (Å²) in [5, 5.41) is 10.7. The highest BCUT2D eigenvalue weighted by molar-refractivity contribution is 7.99. The highest BCUT2D eigenvalue weighted by Gasteiger charge is 2.17. The summed E-state index contributed by atoms with van der Waals surface area (Å²) in [6.07, 6.45) is 1.41. The number of thioether (sulfide) groups is 1. The van der Waals surface area contributed by atoms with Gasteiger partial charge < -0.3 is 13.9 Å². The van der Waals surface area contributed by atoms with Gasteiger partial charge in [-0.05, 0) is 18.2 Å². The van der Waals surface area contributed by atoms with Crippen molar-refractivity contribution < 1.29 is 18.7 Å². The van der Waals surface area contributed by atoms with Crippen molar-refractivity contribution in [2.24, 2.45) is 0 Å². The van der Waals surface area contributed by atoms with Crippen molar-refractivity contribution >= 4 is 29.4 Å². The van der Waals surface area contributed by atoms with Crippen LogP contribution in [0.2, 0.25) is 0 Å². The fourth-order valence-corrected chi connectivity index (χ4v) is 2.90. The molecule has 0 saturated heterocycles. The number of carbonyl (C=O) groups is 1. The second-order valence-corrected chi connectivity index (χ2v) is 6.91. The third-order valence-corrected chi connectivity index (χ3v) is 3.97. The first-order chi connectivity index (χ1) is 11.6. The van der Waals surface area contributed by atoms with Gasteiger partial charge in [0.1, 0.15) is 19.5 Å². The van der Waals surface area contributed by atoms with Gasteiger partial charge in [-0.2, -0.15) is 0 Å². The molecule has 7 nitrogen and oxygen atoms in total. The van der Waals surface area contributed by atoms with Crippen LogP contribution >= 0.6 is 11.8 Å². The lowest BCUT2D eigenvalue weighted by atomic mass is 10.2. The Morgan fingerprint density at radius 3 is 2.92 bits per heavy atom. The van der Waals surface area contributed by atoms with Gasteiger partial charge in [-0.1, -0.05) is 25.0 Å². The van der Waals surface area contributed by atoms with Gasteiger partial charge in [-0.15, -0.1) is 16.9 Å². The Bertz CT molecular complexity index is 757. The van der Waals surface area contributed by atoms with E-state index in [9.17, 15) is 4.79 Å². The zero-order valence-electron chi connectivity index (χ0n) is 13.3. The maximum absolute atomic E-state index is 12.3. The first-order valence-electron chi connectivity index (χ1n) is 7.48. The lowest BCUT2D eigenvalue weighted by Gasteiger charge is -2.11. The number of benzene rings is 1. The third-order valence-electron chi connectivity index (χ3n) is 2.97. The van der Waals surface area contributed by atoms with Crippen molar-refractivity contribution in [3.8, 4) is 0 Å². The number of aromatic nitrogens is 2. The standard InChI is InChI=1S/C16H17N3O4S/c1-10(2)24-12-5-3-4-11(8-12)14(20)17-16-19-18-15(23-16)13-9-21-6-7-22-13/h3-5,8-10H,6-7H2,1-2H3,(H,17,19,20). The second kappa shape index (κ2) is 7.39. The number of nitrogens with one attached hydrogen (secondary N) is 1. The molecule has 1 aromatic carbocycles. The summed E-state index contributed by atoms with van der Waals surface area (Å²) in [6.45, 7) is 5.09. The lowest BCUT2D eigenvalue weighted by Crippen LogP contribution is -2.12. The van der Waals surface area contributed by atoms with E-state index < -0.39 is 0 Å². The van der Waals surface area contributed by atoms with Crippen LogP contribution in [0.5, 0.6) is 0 Å². The quantitative estimate of drug-likeness (QED) is 0.831. The molecule has 1 aliphatic rings. The van der Waals surface area contributed by atoms with Crippen LogP contribution in [0.3, 0.4) is 0 Å². The molecule has 0 radical (unpaired) electrons. The van der Waals surface area contributed by atoms with Crippen molar-refractivity contribution in [1.29, 1.82) is 0 Å². The molecule has 24 heavy (non-hydrogen) atoms. The molecule has 3 rings (SSSR count). The van der Waals surface area contributed by atoms with Crippen LogP contribution in [-0.2, 0) is 9.47 Å². The molecule has 0 saturated carbocycles. The summed E-state index contributed by atoms with van der Waals surface area (Å²) in [5.74, 6) is 0.199. The van der Waals surface area contributed by atoms with Gasteiger partial charge in [0.15, 0.2) is 0 Å². The van der Waals surface area contributed by atoms with E-state index in [1.54, 1.807) is 17.8 Å². The van der Waals surface area contributed by atoms with Gasteiger partial charge in [0, 0.05) is 15.7 Å². The molecular formula is C16H17N3O4S. The molecule has 2 heterocycles. The van der Waals surface area contributed by atoms with Crippen LogP contribution in [0.15, 0.2) is 39.8 Å². The summed E-state index contributed by atoms with van der Waals surface area (Å²) in [5.41, 5.74) is 0.525. The fourth-order valence-electron chi connectivity index (χ4n) is 2.01. The minimum Gasteiger partial charge on any atom is -0.494 e. The van der Waals surface area contributed by atoms with Gasteiger partial charge in [-0.25, -0.2) is 0 Å². The summed E-state index contributed by atoms with van der Waals surface area (Å²) in [4.78, 5) is 13.3. The van der Waals surface area contributed by atoms with Gasteiger partial charge in [0.2, 0.25) is 5.76 Å². The number of rotatable bonds is 5. The zero-order valence-corrected chi connectivity index (χ0v) is 14.1. The Morgan fingerprint density at radius 1 is 1.29 bits per heavy atom. The number of hydrogen-bond donors (Lipinski definition) is 1. The molecule has 1 N–H and O–H groups in total. The molecule has 8 heteroatoms. The summed E-state index contributed by atoms with van der Waals surface area (Å²) >= 11 is 1.69. The number of hydrogen-bond acceptors (Lipinski definition) is 7. The molecule has 0 atom stereocenters. The predicted molar refractivity (Wildman–Crippen MR) is 89.6 cm³/mol. The molecule has 0 bridgehead atoms. The van der Waals surface area contributed by atoms with Crippen molar-refractivity contribution in [3.63, 3.8) is 0 Å². The zero-order chi connectivity index (χ0) is 16.9. The Kier molecular flexibility index (Phi) is 5.05. The first kappa shape index (κ1) is 16.4. The van der Waals surface area contributed by atoms with Crippen LogP contribution in [0, 0.1) is 0 Å². The van der Waals surface area contributed by atoms with Crippen LogP contribution in [0.25, 0.3) is 5.76 Å². The van der Waals surface area contributed by atoms with E-state index >= 15 is 0 Å². The average molecular weight is 347 g/mol. The van der Waals surface area contributed by atoms with E-state index in [0.29, 0.717) is 29.8 Å². The predicted octanol–water partition coefficient (Wildman–Crippen LogP) is 3.17. The Labute approximate surface area is 143 Å². The molecule has 0 aliphatic carbocycles. The maximum atomic E-state index is 12.3. The monoisotopic (exact) mass is 347 g/mol. The lowest BCUT2D eigenvalue weighted by molar-refractivity contribution is 0.102. The molecule has 1 aromatic heterocycles. The Morgan fingerprint density at radius 2 is 2.17 bits per heavy atom. The van der Waals surface area contributed by atoms with Crippen molar-refractivity contribution in [2.45, 2.75) is 24.0 Å². The van der Waals surface area contributed by atoms with E-state index in [1.165, 1.54) is 6.26 Å². The van der Waals surface area contributed by atoms with E-state index in [2.05, 4.69) is 29.4 Å². The number of anilines is 1. The van der Waals surface area contributed by atoms with E-state index in [-0.39, 0.29) is 17.8 Å². The average Bonchev–Trinajstić information content (AvgIpc) is 3.04. The van der Waals surface area contributed by atoms with Crippen LogP contribution < -0.4 is 5.32 Å². The number of nitrogens with zero attached hydrogens (tertiary/aromatic N) is 2. The van der Waals surface area contributed by atoms with Crippen molar-refractivity contribution in [1.82, 2.24) is 10.2 Å². The highest BCUT2D eigenvalue weighted by Crippen LogP contribution is 2.24. The SMILES string of the molecule is CC(C)Sc1cccc(C(=O)Nc2nnc(C3=COCCO3)o2)c1. The molecule has 1 aliphatic heterocycles. The molecule has 1 amide bonds. The summed E-state index contributed by atoms with van der Waals surface area (Å²) in [7, 11) is 0. The summed E-state index contributed by atoms with van der Waals surface area (Å²) < 4.78 is 15.9. The van der Waals surface area contributed by atoms with E-state index in [1.807, 2.05) is 18.2 Å². The van der Waals surface area contributed by atoms with Crippen LogP contribution in [0.4, 0.5) is 6.01 Å².